The van der Waals surface area contributed by atoms with E-state index in [0.29, 0.717) is 30.4 Å². The first-order chi connectivity index (χ1) is 13.6. The Balaban J connectivity index is 1.45. The number of hydrogen-bond donors (Lipinski definition) is 1. The molecule has 140 valence electrons. The molecule has 28 heavy (non-hydrogen) atoms. The van der Waals surface area contributed by atoms with E-state index in [-0.39, 0.29) is 11.8 Å². The van der Waals surface area contributed by atoms with Gasteiger partial charge in [0.05, 0.1) is 5.52 Å². The second kappa shape index (κ2) is 6.30. The number of benzene rings is 2. The SMILES string of the molecule is Cc1cccc(C)c1N1CC(c2noc(-c3n[nH]c4ccccc34)n2)CC1=O. The minimum Gasteiger partial charge on any atom is -0.332 e. The lowest BCUT2D eigenvalue weighted by Gasteiger charge is -2.21. The molecule has 1 atom stereocenters. The van der Waals surface area contributed by atoms with Gasteiger partial charge < -0.3 is 9.42 Å². The Hall–Kier alpha value is -3.48. The summed E-state index contributed by atoms with van der Waals surface area (Å²) in [5, 5.41) is 12.4. The number of rotatable bonds is 3. The minimum absolute atomic E-state index is 0.0824. The van der Waals surface area contributed by atoms with Gasteiger partial charge in [0.25, 0.3) is 5.89 Å². The highest BCUT2D eigenvalue weighted by Gasteiger charge is 2.36. The molecule has 2 aromatic heterocycles. The highest BCUT2D eigenvalue weighted by Crippen LogP contribution is 2.35. The van der Waals surface area contributed by atoms with Gasteiger partial charge in [0.15, 0.2) is 11.5 Å². The van der Waals surface area contributed by atoms with Crippen LogP contribution in [0.4, 0.5) is 5.69 Å². The van der Waals surface area contributed by atoms with Crippen LogP contribution in [0.3, 0.4) is 0 Å². The number of nitrogens with one attached hydrogen (secondary N) is 1. The number of para-hydroxylation sites is 2. The zero-order valence-corrected chi connectivity index (χ0v) is 15.6. The molecule has 5 rings (SSSR count). The highest BCUT2D eigenvalue weighted by atomic mass is 16.5. The van der Waals surface area contributed by atoms with E-state index in [1.807, 2.05) is 61.2 Å². The number of amides is 1. The number of carbonyl (C=O) groups is 1. The molecule has 1 saturated heterocycles. The van der Waals surface area contributed by atoms with Crippen molar-refractivity contribution >= 4 is 22.5 Å². The van der Waals surface area contributed by atoms with Crippen LogP contribution in [0.2, 0.25) is 0 Å². The van der Waals surface area contributed by atoms with Crippen LogP contribution in [0.1, 0.15) is 29.3 Å². The third kappa shape index (κ3) is 2.58. The smallest absolute Gasteiger partial charge is 0.279 e. The second-order valence-electron chi connectivity index (χ2n) is 7.22. The fourth-order valence-electron chi connectivity index (χ4n) is 3.95. The summed E-state index contributed by atoms with van der Waals surface area (Å²) in [6.45, 7) is 4.60. The molecule has 0 radical (unpaired) electrons. The average Bonchev–Trinajstić information content (AvgIpc) is 3.40. The fraction of sp³-hybridized carbons (Fsp3) is 0.238. The van der Waals surface area contributed by atoms with E-state index in [1.54, 1.807) is 0 Å². The molecule has 0 spiro atoms. The van der Waals surface area contributed by atoms with Crippen molar-refractivity contribution in [2.45, 2.75) is 26.2 Å². The number of fused-ring (bicyclic) bond motifs is 1. The highest BCUT2D eigenvalue weighted by molar-refractivity contribution is 5.98. The van der Waals surface area contributed by atoms with Gasteiger partial charge in [-0.25, -0.2) is 0 Å². The predicted molar refractivity (Wildman–Crippen MR) is 105 cm³/mol. The van der Waals surface area contributed by atoms with Crippen molar-refractivity contribution in [2.24, 2.45) is 0 Å². The third-order valence-corrected chi connectivity index (χ3v) is 5.31. The molecular weight excluding hydrogens is 354 g/mol. The Kier molecular flexibility index (Phi) is 3.75. The number of hydrogen-bond acceptors (Lipinski definition) is 5. The first kappa shape index (κ1) is 16.7. The Labute approximate surface area is 161 Å². The summed E-state index contributed by atoms with van der Waals surface area (Å²) < 4.78 is 5.48. The van der Waals surface area contributed by atoms with E-state index in [0.717, 1.165) is 27.7 Å². The molecular formula is C21H19N5O2. The van der Waals surface area contributed by atoms with Crippen molar-refractivity contribution in [1.29, 1.82) is 0 Å². The first-order valence-corrected chi connectivity index (χ1v) is 9.25. The van der Waals surface area contributed by atoms with Crippen LogP contribution in [0.15, 0.2) is 47.0 Å². The van der Waals surface area contributed by atoms with Gasteiger partial charge in [-0.1, -0.05) is 41.6 Å². The maximum atomic E-state index is 12.7. The number of aryl methyl sites for hydroxylation is 2. The second-order valence-corrected chi connectivity index (χ2v) is 7.22. The molecule has 7 heteroatoms. The molecule has 7 nitrogen and oxygen atoms in total. The molecule has 1 aliphatic heterocycles. The van der Waals surface area contributed by atoms with E-state index in [4.69, 9.17) is 4.52 Å². The summed E-state index contributed by atoms with van der Waals surface area (Å²) in [7, 11) is 0. The van der Waals surface area contributed by atoms with Gasteiger partial charge in [-0.05, 0) is 31.0 Å². The van der Waals surface area contributed by atoms with Crippen molar-refractivity contribution in [3.05, 3.63) is 59.4 Å². The van der Waals surface area contributed by atoms with Gasteiger partial charge in [0.1, 0.15) is 0 Å². The number of H-pyrrole nitrogens is 1. The van der Waals surface area contributed by atoms with Gasteiger partial charge in [0, 0.05) is 30.0 Å². The van der Waals surface area contributed by atoms with Crippen molar-refractivity contribution < 1.29 is 9.32 Å². The summed E-state index contributed by atoms with van der Waals surface area (Å²) in [5.41, 5.74) is 4.70. The van der Waals surface area contributed by atoms with Gasteiger partial charge in [-0.2, -0.15) is 10.1 Å². The lowest BCUT2D eigenvalue weighted by molar-refractivity contribution is -0.117. The Morgan fingerprint density at radius 1 is 1.11 bits per heavy atom. The average molecular weight is 373 g/mol. The van der Waals surface area contributed by atoms with Crippen molar-refractivity contribution in [1.82, 2.24) is 20.3 Å². The van der Waals surface area contributed by atoms with Gasteiger partial charge in [0.2, 0.25) is 5.91 Å². The van der Waals surface area contributed by atoms with Crippen molar-refractivity contribution in [2.75, 3.05) is 11.4 Å². The van der Waals surface area contributed by atoms with Crippen LogP contribution in [-0.2, 0) is 4.79 Å². The van der Waals surface area contributed by atoms with Crippen molar-refractivity contribution in [3.8, 4) is 11.6 Å². The number of nitrogens with zero attached hydrogens (tertiary/aromatic N) is 4. The maximum Gasteiger partial charge on any atom is 0.279 e. The van der Waals surface area contributed by atoms with E-state index >= 15 is 0 Å². The summed E-state index contributed by atoms with van der Waals surface area (Å²) in [6.07, 6.45) is 0.369. The largest absolute Gasteiger partial charge is 0.332 e. The Morgan fingerprint density at radius 3 is 2.71 bits per heavy atom. The molecule has 1 aliphatic rings. The molecule has 0 bridgehead atoms. The fourth-order valence-corrected chi connectivity index (χ4v) is 3.95. The maximum absolute atomic E-state index is 12.7. The van der Waals surface area contributed by atoms with Gasteiger partial charge >= 0.3 is 0 Å². The molecule has 4 aromatic rings. The molecule has 1 fully saturated rings. The standard InChI is InChI=1S/C21H19N5O2/c1-12-6-5-7-13(2)19(12)26-11-14(10-17(26)27)20-22-21(28-25-20)18-15-8-3-4-9-16(15)23-24-18/h3-9,14H,10-11H2,1-2H3,(H,23,24). The lowest BCUT2D eigenvalue weighted by atomic mass is 10.1. The summed E-state index contributed by atoms with van der Waals surface area (Å²) in [6, 6.07) is 13.8. The first-order valence-electron chi connectivity index (χ1n) is 9.25. The predicted octanol–water partition coefficient (Wildman–Crippen LogP) is 3.75. The normalized spacial score (nSPS) is 17.0. The quantitative estimate of drug-likeness (QED) is 0.591. The zero-order valence-electron chi connectivity index (χ0n) is 15.6. The Morgan fingerprint density at radius 2 is 1.89 bits per heavy atom. The number of aromatic nitrogens is 4. The molecule has 1 unspecified atom stereocenters. The number of carbonyl (C=O) groups excluding carboxylic acids is 1. The summed E-state index contributed by atoms with van der Waals surface area (Å²) >= 11 is 0. The van der Waals surface area contributed by atoms with Crippen LogP contribution in [-0.4, -0.2) is 32.8 Å². The van der Waals surface area contributed by atoms with Crippen LogP contribution in [0.25, 0.3) is 22.5 Å². The topological polar surface area (TPSA) is 87.9 Å². The molecule has 0 aliphatic carbocycles. The van der Waals surface area contributed by atoms with E-state index in [1.165, 1.54) is 0 Å². The van der Waals surface area contributed by atoms with Gasteiger partial charge in [-0.3, -0.25) is 9.89 Å². The van der Waals surface area contributed by atoms with Crippen LogP contribution < -0.4 is 4.90 Å². The van der Waals surface area contributed by atoms with Crippen LogP contribution in [0, 0.1) is 13.8 Å². The van der Waals surface area contributed by atoms with Crippen LogP contribution >= 0.6 is 0 Å². The molecule has 3 heterocycles. The minimum atomic E-state index is -0.103. The molecule has 0 saturated carbocycles. The molecule has 1 amide bonds. The van der Waals surface area contributed by atoms with E-state index in [9.17, 15) is 4.79 Å². The lowest BCUT2D eigenvalue weighted by Crippen LogP contribution is -2.26. The van der Waals surface area contributed by atoms with E-state index in [2.05, 4.69) is 20.3 Å². The van der Waals surface area contributed by atoms with Gasteiger partial charge in [-0.15, -0.1) is 0 Å². The van der Waals surface area contributed by atoms with Crippen molar-refractivity contribution in [3.63, 3.8) is 0 Å². The van der Waals surface area contributed by atoms with E-state index < -0.39 is 0 Å². The summed E-state index contributed by atoms with van der Waals surface area (Å²) in [5.74, 6) is 0.891. The zero-order chi connectivity index (χ0) is 19.3. The number of aromatic amines is 1. The molecule has 2 aromatic carbocycles. The summed E-state index contributed by atoms with van der Waals surface area (Å²) in [4.78, 5) is 19.1. The van der Waals surface area contributed by atoms with Crippen LogP contribution in [0.5, 0.6) is 0 Å². The third-order valence-electron chi connectivity index (χ3n) is 5.31. The number of anilines is 1. The Bertz CT molecular complexity index is 1170. The molecule has 1 N–H and O–H groups in total. The monoisotopic (exact) mass is 373 g/mol.